The number of benzene rings is 1. The van der Waals surface area contributed by atoms with E-state index in [-0.39, 0.29) is 5.91 Å². The SMILES string of the molecule is O=C(CN1CCCC1C1CCCN1)Nc1ccccc1I. The van der Waals surface area contributed by atoms with Gasteiger partial charge in [-0.05, 0) is 73.5 Å². The van der Waals surface area contributed by atoms with Crippen LogP contribution in [-0.4, -0.2) is 42.5 Å². The molecule has 0 aromatic heterocycles. The van der Waals surface area contributed by atoms with Gasteiger partial charge in [0.05, 0.1) is 12.2 Å². The van der Waals surface area contributed by atoms with E-state index in [1.807, 2.05) is 24.3 Å². The van der Waals surface area contributed by atoms with Crippen LogP contribution in [0.1, 0.15) is 25.7 Å². The highest BCUT2D eigenvalue weighted by Crippen LogP contribution is 2.25. The van der Waals surface area contributed by atoms with Crippen LogP contribution in [0.4, 0.5) is 5.69 Å². The molecule has 114 valence electrons. The lowest BCUT2D eigenvalue weighted by atomic mass is 10.0. The second kappa shape index (κ2) is 7.07. The van der Waals surface area contributed by atoms with Crippen molar-refractivity contribution < 1.29 is 4.79 Å². The number of halogens is 1. The van der Waals surface area contributed by atoms with Crippen LogP contribution in [0.2, 0.25) is 0 Å². The Morgan fingerprint density at radius 3 is 2.95 bits per heavy atom. The largest absolute Gasteiger partial charge is 0.324 e. The summed E-state index contributed by atoms with van der Waals surface area (Å²) in [4.78, 5) is 14.7. The molecule has 2 aliphatic rings. The molecule has 2 atom stereocenters. The Hall–Kier alpha value is -0.660. The van der Waals surface area contributed by atoms with E-state index in [4.69, 9.17) is 0 Å². The second-order valence-electron chi connectivity index (χ2n) is 5.91. The number of hydrogen-bond acceptors (Lipinski definition) is 3. The molecule has 3 rings (SSSR count). The minimum Gasteiger partial charge on any atom is -0.324 e. The first-order valence-electron chi connectivity index (χ1n) is 7.76. The molecular weight excluding hydrogens is 377 g/mol. The van der Waals surface area contributed by atoms with Crippen molar-refractivity contribution in [3.8, 4) is 0 Å². The minimum absolute atomic E-state index is 0.101. The summed E-state index contributed by atoms with van der Waals surface area (Å²) >= 11 is 2.25. The Labute approximate surface area is 139 Å². The van der Waals surface area contributed by atoms with E-state index < -0.39 is 0 Å². The Kier molecular flexibility index (Phi) is 5.13. The molecule has 2 aliphatic heterocycles. The molecule has 4 nitrogen and oxygen atoms in total. The third-order valence-corrected chi connectivity index (χ3v) is 5.41. The van der Waals surface area contributed by atoms with E-state index in [1.165, 1.54) is 25.7 Å². The number of carbonyl (C=O) groups is 1. The standard InChI is InChI=1S/C16H22IN3O/c17-12-5-1-2-6-13(12)19-16(21)11-20-10-4-8-15(20)14-7-3-9-18-14/h1-2,5-6,14-15,18H,3-4,7-11H2,(H,19,21). The molecule has 0 spiro atoms. The minimum atomic E-state index is 0.101. The van der Waals surface area contributed by atoms with Gasteiger partial charge in [0.1, 0.15) is 0 Å². The molecule has 0 bridgehead atoms. The van der Waals surface area contributed by atoms with E-state index in [9.17, 15) is 4.79 Å². The molecule has 1 aromatic carbocycles. The van der Waals surface area contributed by atoms with Crippen molar-refractivity contribution in [1.29, 1.82) is 0 Å². The molecule has 0 aliphatic carbocycles. The lowest BCUT2D eigenvalue weighted by Gasteiger charge is -2.29. The summed E-state index contributed by atoms with van der Waals surface area (Å²) in [6.07, 6.45) is 4.94. The van der Waals surface area contributed by atoms with Crippen LogP contribution in [-0.2, 0) is 4.79 Å². The highest BCUT2D eigenvalue weighted by atomic mass is 127. The summed E-state index contributed by atoms with van der Waals surface area (Å²) in [7, 11) is 0. The molecule has 1 amide bonds. The lowest BCUT2D eigenvalue weighted by Crippen LogP contribution is -2.46. The highest BCUT2D eigenvalue weighted by Gasteiger charge is 2.33. The van der Waals surface area contributed by atoms with Crippen molar-refractivity contribution in [2.75, 3.05) is 25.0 Å². The molecule has 21 heavy (non-hydrogen) atoms. The maximum Gasteiger partial charge on any atom is 0.238 e. The van der Waals surface area contributed by atoms with Crippen LogP contribution in [0.15, 0.2) is 24.3 Å². The zero-order valence-corrected chi connectivity index (χ0v) is 14.3. The van der Waals surface area contributed by atoms with Gasteiger partial charge in [-0.3, -0.25) is 9.69 Å². The van der Waals surface area contributed by atoms with Gasteiger partial charge in [-0.15, -0.1) is 0 Å². The number of amides is 1. The summed E-state index contributed by atoms with van der Waals surface area (Å²) in [6.45, 7) is 2.68. The summed E-state index contributed by atoms with van der Waals surface area (Å²) in [6, 6.07) is 9.03. The zero-order valence-electron chi connectivity index (χ0n) is 12.1. The molecule has 2 heterocycles. The van der Waals surface area contributed by atoms with E-state index in [0.29, 0.717) is 18.6 Å². The van der Waals surface area contributed by atoms with E-state index in [2.05, 4.69) is 38.1 Å². The molecule has 2 saturated heterocycles. The molecule has 0 radical (unpaired) electrons. The van der Waals surface area contributed by atoms with Crippen molar-refractivity contribution in [1.82, 2.24) is 10.2 Å². The Morgan fingerprint density at radius 1 is 1.33 bits per heavy atom. The second-order valence-corrected chi connectivity index (χ2v) is 7.07. The number of likely N-dealkylation sites (tertiary alicyclic amines) is 1. The van der Waals surface area contributed by atoms with Gasteiger partial charge in [-0.25, -0.2) is 0 Å². The highest BCUT2D eigenvalue weighted by molar-refractivity contribution is 14.1. The van der Waals surface area contributed by atoms with Crippen LogP contribution >= 0.6 is 22.6 Å². The molecule has 2 fully saturated rings. The first kappa shape index (κ1) is 15.2. The fraction of sp³-hybridized carbons (Fsp3) is 0.562. The third-order valence-electron chi connectivity index (χ3n) is 4.47. The fourth-order valence-corrected chi connectivity index (χ4v) is 4.00. The Bertz CT molecular complexity index is 502. The first-order valence-corrected chi connectivity index (χ1v) is 8.84. The number of carbonyl (C=O) groups excluding carboxylic acids is 1. The zero-order chi connectivity index (χ0) is 14.7. The first-order chi connectivity index (χ1) is 10.2. The normalized spacial score (nSPS) is 26.1. The predicted molar refractivity (Wildman–Crippen MR) is 93.4 cm³/mol. The van der Waals surface area contributed by atoms with Gasteiger partial charge in [0.2, 0.25) is 5.91 Å². The van der Waals surface area contributed by atoms with Crippen molar-refractivity contribution in [2.24, 2.45) is 0 Å². The molecular formula is C16H22IN3O. The van der Waals surface area contributed by atoms with Crippen LogP contribution in [0.25, 0.3) is 0 Å². The average Bonchev–Trinajstić information content (AvgIpc) is 3.11. The predicted octanol–water partition coefficient (Wildman–Crippen LogP) is 2.45. The van der Waals surface area contributed by atoms with Crippen LogP contribution in [0, 0.1) is 3.57 Å². The van der Waals surface area contributed by atoms with Gasteiger partial charge in [0.25, 0.3) is 0 Å². The summed E-state index contributed by atoms with van der Waals surface area (Å²) in [5.41, 5.74) is 0.915. The van der Waals surface area contributed by atoms with Gasteiger partial charge in [0.15, 0.2) is 0 Å². The Morgan fingerprint density at radius 2 is 2.19 bits per heavy atom. The van der Waals surface area contributed by atoms with E-state index in [1.54, 1.807) is 0 Å². The van der Waals surface area contributed by atoms with Crippen LogP contribution in [0.5, 0.6) is 0 Å². The van der Waals surface area contributed by atoms with Crippen molar-refractivity contribution in [3.63, 3.8) is 0 Å². The van der Waals surface area contributed by atoms with Crippen LogP contribution in [0.3, 0.4) is 0 Å². The van der Waals surface area contributed by atoms with Crippen molar-refractivity contribution in [3.05, 3.63) is 27.8 Å². The van der Waals surface area contributed by atoms with Crippen LogP contribution < -0.4 is 10.6 Å². The van der Waals surface area contributed by atoms with Gasteiger partial charge < -0.3 is 10.6 Å². The molecule has 1 aromatic rings. The lowest BCUT2D eigenvalue weighted by molar-refractivity contribution is -0.117. The fourth-order valence-electron chi connectivity index (χ4n) is 3.48. The maximum absolute atomic E-state index is 12.3. The van der Waals surface area contributed by atoms with Crippen molar-refractivity contribution >= 4 is 34.2 Å². The number of nitrogens with zero attached hydrogens (tertiary/aromatic N) is 1. The van der Waals surface area contributed by atoms with E-state index in [0.717, 1.165) is 22.3 Å². The number of nitrogens with one attached hydrogen (secondary N) is 2. The monoisotopic (exact) mass is 399 g/mol. The van der Waals surface area contributed by atoms with E-state index >= 15 is 0 Å². The average molecular weight is 399 g/mol. The van der Waals surface area contributed by atoms with Gasteiger partial charge >= 0.3 is 0 Å². The maximum atomic E-state index is 12.3. The van der Waals surface area contributed by atoms with Gasteiger partial charge in [-0.2, -0.15) is 0 Å². The number of hydrogen-bond donors (Lipinski definition) is 2. The summed E-state index contributed by atoms with van der Waals surface area (Å²) in [5.74, 6) is 0.101. The quantitative estimate of drug-likeness (QED) is 0.765. The molecule has 2 N–H and O–H groups in total. The topological polar surface area (TPSA) is 44.4 Å². The molecule has 2 unspecified atom stereocenters. The number of para-hydroxylation sites is 1. The van der Waals surface area contributed by atoms with Gasteiger partial charge in [-0.1, -0.05) is 12.1 Å². The molecule has 0 saturated carbocycles. The summed E-state index contributed by atoms with van der Waals surface area (Å²) in [5, 5.41) is 6.63. The van der Waals surface area contributed by atoms with Crippen molar-refractivity contribution in [2.45, 2.75) is 37.8 Å². The molecule has 5 heteroatoms. The number of anilines is 1. The Balaban J connectivity index is 1.57. The number of rotatable bonds is 4. The summed E-state index contributed by atoms with van der Waals surface area (Å²) < 4.78 is 1.08. The smallest absolute Gasteiger partial charge is 0.238 e. The third kappa shape index (κ3) is 3.76. The van der Waals surface area contributed by atoms with Gasteiger partial charge in [0, 0.05) is 15.7 Å².